The van der Waals surface area contributed by atoms with Crippen LogP contribution in [0.15, 0.2) is 71.8 Å². The normalized spacial score (nSPS) is 12.4. The van der Waals surface area contributed by atoms with E-state index in [1.54, 1.807) is 12.4 Å². The van der Waals surface area contributed by atoms with Crippen molar-refractivity contribution in [3.05, 3.63) is 99.7 Å². The lowest BCUT2D eigenvalue weighted by Crippen LogP contribution is -2.30. The number of aryl methyl sites for hydroxylation is 1. The van der Waals surface area contributed by atoms with Crippen LogP contribution in [0.4, 0.5) is 0 Å². The number of benzene rings is 2. The lowest BCUT2D eigenvalue weighted by Gasteiger charge is -2.18. The van der Waals surface area contributed by atoms with Crippen molar-refractivity contribution in [3.63, 3.8) is 0 Å². The predicted octanol–water partition coefficient (Wildman–Crippen LogP) is 4.52. The van der Waals surface area contributed by atoms with Crippen molar-refractivity contribution in [1.29, 1.82) is 0 Å². The fourth-order valence-electron chi connectivity index (χ4n) is 4.77. The van der Waals surface area contributed by atoms with Crippen LogP contribution in [0.5, 0.6) is 0 Å². The van der Waals surface area contributed by atoms with Gasteiger partial charge in [0.25, 0.3) is 11.5 Å². The summed E-state index contributed by atoms with van der Waals surface area (Å²) in [5.74, 6) is -0.512. The lowest BCUT2D eigenvalue weighted by atomic mass is 10.00. The Labute approximate surface area is 214 Å². The summed E-state index contributed by atoms with van der Waals surface area (Å²) < 4.78 is 1.49. The van der Waals surface area contributed by atoms with Gasteiger partial charge in [0.2, 0.25) is 0 Å². The Bertz CT molecular complexity index is 1650. The minimum atomic E-state index is -0.390. The molecule has 0 saturated carbocycles. The summed E-state index contributed by atoms with van der Waals surface area (Å²) in [6.45, 7) is 5.80. The molecule has 0 saturated heterocycles. The van der Waals surface area contributed by atoms with Crippen molar-refractivity contribution in [3.8, 4) is 11.3 Å². The van der Waals surface area contributed by atoms with E-state index in [4.69, 9.17) is 0 Å². The number of nitrogens with zero attached hydrogens (tertiary/aromatic N) is 3. The zero-order valence-corrected chi connectivity index (χ0v) is 21.0. The minimum absolute atomic E-state index is 0.0790. The lowest BCUT2D eigenvalue weighted by molar-refractivity contribution is 0.0923. The Balaban J connectivity index is 1.58. The molecule has 5 aromatic rings. The Hall–Kier alpha value is -4.30. The summed E-state index contributed by atoms with van der Waals surface area (Å²) in [6, 6.07) is 17.0. The van der Waals surface area contributed by atoms with Gasteiger partial charge in [-0.15, -0.1) is 0 Å². The van der Waals surface area contributed by atoms with Crippen molar-refractivity contribution >= 4 is 22.3 Å². The van der Waals surface area contributed by atoms with Crippen LogP contribution >= 0.6 is 0 Å². The number of fused-ring (bicyclic) bond motifs is 2. The standard InChI is InChI=1S/C29H29N5O3/c1-17(2)25-26(28(36)31-22(12-13-35)19-9-5-4-6-10-19)33-34-16-24(32-29(37)27(25)34)20-14-21-18(3)8-7-11-23(21)30-15-20/h4-11,14-17,22,35H,12-13H2,1-3H3,(H,31,36)(H,32,37). The van der Waals surface area contributed by atoms with Crippen LogP contribution in [0.2, 0.25) is 0 Å². The molecule has 8 heteroatoms. The molecule has 0 aliphatic heterocycles. The van der Waals surface area contributed by atoms with Gasteiger partial charge in [-0.25, -0.2) is 4.52 Å². The molecule has 3 heterocycles. The van der Waals surface area contributed by atoms with Crippen molar-refractivity contribution < 1.29 is 9.90 Å². The average molecular weight is 496 g/mol. The van der Waals surface area contributed by atoms with Gasteiger partial charge >= 0.3 is 0 Å². The molecule has 5 rings (SSSR count). The highest BCUT2D eigenvalue weighted by Gasteiger charge is 2.26. The van der Waals surface area contributed by atoms with E-state index >= 15 is 0 Å². The second-order valence-electron chi connectivity index (χ2n) is 9.52. The molecule has 0 aliphatic rings. The molecule has 0 aliphatic carbocycles. The third-order valence-corrected chi connectivity index (χ3v) is 6.63. The quantitative estimate of drug-likeness (QED) is 0.307. The van der Waals surface area contributed by atoms with Crippen LogP contribution in [0, 0.1) is 6.92 Å². The van der Waals surface area contributed by atoms with Crippen LogP contribution in [0.1, 0.15) is 59.4 Å². The molecule has 1 unspecified atom stereocenters. The zero-order valence-electron chi connectivity index (χ0n) is 21.0. The van der Waals surface area contributed by atoms with Gasteiger partial charge < -0.3 is 15.4 Å². The van der Waals surface area contributed by atoms with Crippen LogP contribution in [0.3, 0.4) is 0 Å². The number of aliphatic hydroxyl groups is 1. The highest BCUT2D eigenvalue weighted by molar-refractivity contribution is 5.96. The second kappa shape index (κ2) is 9.99. The first-order valence-corrected chi connectivity index (χ1v) is 12.4. The average Bonchev–Trinajstić information content (AvgIpc) is 3.30. The number of hydrogen-bond donors (Lipinski definition) is 3. The number of aliphatic hydroxyl groups excluding tert-OH is 1. The summed E-state index contributed by atoms with van der Waals surface area (Å²) in [7, 11) is 0. The molecular formula is C29H29N5O3. The van der Waals surface area contributed by atoms with Gasteiger partial charge in [-0.2, -0.15) is 5.10 Å². The first-order chi connectivity index (χ1) is 17.9. The summed E-state index contributed by atoms with van der Waals surface area (Å²) in [4.78, 5) is 34.3. The SMILES string of the molecule is Cc1cccc2ncc(-c3cn4nc(C(=O)NC(CCO)c5ccccc5)c(C(C)C)c4c(=O)[nH]3)cc12. The maximum atomic E-state index is 13.5. The van der Waals surface area contributed by atoms with Crippen LogP contribution in [-0.4, -0.2) is 37.2 Å². The van der Waals surface area contributed by atoms with Gasteiger partial charge in [0, 0.05) is 29.3 Å². The van der Waals surface area contributed by atoms with Gasteiger partial charge in [0.1, 0.15) is 5.52 Å². The molecule has 37 heavy (non-hydrogen) atoms. The predicted molar refractivity (Wildman–Crippen MR) is 144 cm³/mol. The Morgan fingerprint density at radius 3 is 2.65 bits per heavy atom. The van der Waals surface area contributed by atoms with Crippen molar-refractivity contribution in [1.82, 2.24) is 24.9 Å². The van der Waals surface area contributed by atoms with Gasteiger partial charge in [-0.05, 0) is 42.5 Å². The first kappa shape index (κ1) is 24.4. The smallest absolute Gasteiger partial charge is 0.274 e. The molecular weight excluding hydrogens is 466 g/mol. The van der Waals surface area contributed by atoms with Crippen molar-refractivity contribution in [2.75, 3.05) is 6.61 Å². The van der Waals surface area contributed by atoms with Crippen LogP contribution in [0.25, 0.3) is 27.7 Å². The fraction of sp³-hybridized carbons (Fsp3) is 0.241. The van der Waals surface area contributed by atoms with Gasteiger partial charge in [0.05, 0.1) is 23.4 Å². The number of aromatic nitrogens is 4. The largest absolute Gasteiger partial charge is 0.396 e. The number of nitrogens with one attached hydrogen (secondary N) is 2. The maximum Gasteiger partial charge on any atom is 0.274 e. The molecule has 8 nitrogen and oxygen atoms in total. The van der Waals surface area contributed by atoms with Crippen molar-refractivity contribution in [2.24, 2.45) is 0 Å². The van der Waals surface area contributed by atoms with E-state index in [1.165, 1.54) is 4.52 Å². The number of aromatic amines is 1. The monoisotopic (exact) mass is 495 g/mol. The molecule has 188 valence electrons. The second-order valence-corrected chi connectivity index (χ2v) is 9.52. The van der Waals surface area contributed by atoms with Crippen LogP contribution in [-0.2, 0) is 0 Å². The van der Waals surface area contributed by atoms with E-state index in [0.717, 1.165) is 27.6 Å². The number of carbonyl (C=O) groups excluding carboxylic acids is 1. The van der Waals surface area contributed by atoms with Crippen molar-refractivity contribution in [2.45, 2.75) is 39.2 Å². The number of H-pyrrole nitrogens is 1. The van der Waals surface area contributed by atoms with E-state index in [9.17, 15) is 14.7 Å². The van der Waals surface area contributed by atoms with E-state index in [1.807, 2.05) is 75.4 Å². The minimum Gasteiger partial charge on any atom is -0.396 e. The van der Waals surface area contributed by atoms with E-state index in [-0.39, 0.29) is 29.8 Å². The molecule has 3 aromatic heterocycles. The number of hydrogen-bond acceptors (Lipinski definition) is 5. The topological polar surface area (TPSA) is 112 Å². The third kappa shape index (κ3) is 4.63. The summed E-state index contributed by atoms with van der Waals surface area (Å²) >= 11 is 0. The highest BCUT2D eigenvalue weighted by Crippen LogP contribution is 2.27. The van der Waals surface area contributed by atoms with Gasteiger partial charge in [-0.3, -0.25) is 14.6 Å². The molecule has 1 atom stereocenters. The molecule has 0 bridgehead atoms. The van der Waals surface area contributed by atoms with E-state index in [2.05, 4.69) is 20.4 Å². The molecule has 3 N–H and O–H groups in total. The third-order valence-electron chi connectivity index (χ3n) is 6.63. The molecule has 0 radical (unpaired) electrons. The zero-order chi connectivity index (χ0) is 26.1. The fourth-order valence-corrected chi connectivity index (χ4v) is 4.77. The molecule has 1 amide bonds. The molecule has 0 fully saturated rings. The Morgan fingerprint density at radius 2 is 1.92 bits per heavy atom. The van der Waals surface area contributed by atoms with Crippen LogP contribution < -0.4 is 10.9 Å². The van der Waals surface area contributed by atoms with Gasteiger partial charge in [0.15, 0.2) is 5.69 Å². The highest BCUT2D eigenvalue weighted by atomic mass is 16.3. The maximum absolute atomic E-state index is 13.5. The van der Waals surface area contributed by atoms with E-state index in [0.29, 0.717) is 23.2 Å². The number of pyridine rings is 1. The molecule has 2 aromatic carbocycles. The Morgan fingerprint density at radius 1 is 1.14 bits per heavy atom. The summed E-state index contributed by atoms with van der Waals surface area (Å²) in [5.41, 5.74) is 4.95. The number of rotatable bonds is 7. The Kier molecular flexibility index (Phi) is 6.58. The number of amides is 1. The van der Waals surface area contributed by atoms with E-state index < -0.39 is 5.91 Å². The molecule has 0 spiro atoms. The number of carbonyl (C=O) groups is 1. The van der Waals surface area contributed by atoms with Gasteiger partial charge in [-0.1, -0.05) is 56.3 Å². The first-order valence-electron chi connectivity index (χ1n) is 12.4. The summed E-state index contributed by atoms with van der Waals surface area (Å²) in [6.07, 6.45) is 3.81. The summed E-state index contributed by atoms with van der Waals surface area (Å²) in [5, 5.41) is 18.1.